The van der Waals surface area contributed by atoms with Gasteiger partial charge < -0.3 is 14.0 Å². The van der Waals surface area contributed by atoms with Gasteiger partial charge in [0.05, 0.1) is 22.1 Å². The average molecular weight is 894 g/mol. The van der Waals surface area contributed by atoms with Crippen molar-refractivity contribution in [2.45, 2.75) is 78.6 Å². The molecular formula is C66H59N3. The highest BCUT2D eigenvalue weighted by Gasteiger charge is 2.37. The van der Waals surface area contributed by atoms with Gasteiger partial charge in [0.25, 0.3) is 0 Å². The summed E-state index contributed by atoms with van der Waals surface area (Å²) in [5.41, 5.74) is 22.3. The molecule has 0 radical (unpaired) electrons. The van der Waals surface area contributed by atoms with Crippen molar-refractivity contribution in [2.24, 2.45) is 0 Å². The van der Waals surface area contributed by atoms with E-state index in [0.29, 0.717) is 0 Å². The molecule has 3 heteroatoms. The fourth-order valence-electron chi connectivity index (χ4n) is 11.2. The molecule has 0 spiro atoms. The zero-order valence-electron chi connectivity index (χ0n) is 41.3. The first-order valence-corrected chi connectivity index (χ1v) is 24.6. The summed E-state index contributed by atoms with van der Waals surface area (Å²) >= 11 is 0. The van der Waals surface area contributed by atoms with Crippen LogP contribution in [0.1, 0.15) is 83.2 Å². The fraction of sp³-hybridized carbons (Fsp3) is 0.182. The second kappa shape index (κ2) is 15.5. The van der Waals surface area contributed by atoms with Crippen molar-refractivity contribution in [1.82, 2.24) is 9.13 Å². The highest BCUT2D eigenvalue weighted by molar-refractivity contribution is 6.13. The van der Waals surface area contributed by atoms with Crippen LogP contribution in [0.25, 0.3) is 77.2 Å². The largest absolute Gasteiger partial charge is 0.310 e. The minimum atomic E-state index is -0.234. The van der Waals surface area contributed by atoms with Crippen LogP contribution in [-0.2, 0) is 16.2 Å². The van der Waals surface area contributed by atoms with Crippen LogP contribution in [0.15, 0.2) is 194 Å². The Morgan fingerprint density at radius 3 is 1.30 bits per heavy atom. The predicted octanol–water partition coefficient (Wildman–Crippen LogP) is 18.2. The predicted molar refractivity (Wildman–Crippen MR) is 295 cm³/mol. The van der Waals surface area contributed by atoms with Crippen molar-refractivity contribution in [2.75, 3.05) is 4.90 Å². The molecule has 1 aliphatic carbocycles. The van der Waals surface area contributed by atoms with Crippen molar-refractivity contribution in [3.8, 4) is 33.6 Å². The molecule has 2 heterocycles. The van der Waals surface area contributed by atoms with Gasteiger partial charge >= 0.3 is 0 Å². The molecule has 9 aromatic carbocycles. The van der Waals surface area contributed by atoms with Crippen molar-refractivity contribution in [3.05, 3.63) is 222 Å². The fourth-order valence-corrected chi connectivity index (χ4v) is 11.2. The molecule has 0 saturated carbocycles. The maximum absolute atomic E-state index is 2.47. The molecule has 69 heavy (non-hydrogen) atoms. The third kappa shape index (κ3) is 6.93. The van der Waals surface area contributed by atoms with Gasteiger partial charge in [0, 0.05) is 55.4 Å². The number of hydrogen-bond acceptors (Lipinski definition) is 1. The van der Waals surface area contributed by atoms with Crippen LogP contribution >= 0.6 is 0 Å². The first-order valence-electron chi connectivity index (χ1n) is 24.6. The van der Waals surface area contributed by atoms with E-state index in [1.807, 2.05) is 0 Å². The summed E-state index contributed by atoms with van der Waals surface area (Å²) in [6.45, 7) is 20.6. The summed E-state index contributed by atoms with van der Waals surface area (Å²) in [5.74, 6) is 0. The van der Waals surface area contributed by atoms with Gasteiger partial charge in [-0.25, -0.2) is 0 Å². The standard InChI is InChI=1S/C66H59N3/c1-42-18-26-49(27-19-42)68-60-16-12-10-14-54(60)56-38-43(20-36-62(56)68)44-21-37-63-57(39-44)55-15-11-13-17-61(55)69(63)51-33-35-53-52-34-32-50(40-58(52)66(8,9)59(53)41-51)67(47-28-22-45(23-29-47)64(2,3)4)48-30-24-46(25-31-48)65(5,6)7/h10-41H,1-9H3. The average Bonchev–Trinajstić information content (AvgIpc) is 3.93. The van der Waals surface area contributed by atoms with Gasteiger partial charge in [0.1, 0.15) is 0 Å². The van der Waals surface area contributed by atoms with E-state index in [9.17, 15) is 0 Å². The first-order chi connectivity index (χ1) is 33.1. The Kier molecular flexibility index (Phi) is 9.57. The number of para-hydroxylation sites is 2. The molecule has 0 bridgehead atoms. The zero-order chi connectivity index (χ0) is 47.6. The van der Waals surface area contributed by atoms with Gasteiger partial charge in [0.15, 0.2) is 0 Å². The number of nitrogens with zero attached hydrogens (tertiary/aromatic N) is 3. The summed E-state index contributed by atoms with van der Waals surface area (Å²) in [5, 5.41) is 5.03. The Morgan fingerprint density at radius 2 is 0.797 bits per heavy atom. The van der Waals surface area contributed by atoms with Crippen molar-refractivity contribution in [1.29, 1.82) is 0 Å². The Balaban J connectivity index is 0.936. The van der Waals surface area contributed by atoms with Gasteiger partial charge in [-0.2, -0.15) is 0 Å². The quantitative estimate of drug-likeness (QED) is 0.162. The molecule has 338 valence electrons. The van der Waals surface area contributed by atoms with Gasteiger partial charge in [-0.1, -0.05) is 158 Å². The molecule has 0 atom stereocenters. The SMILES string of the molecule is Cc1ccc(-n2c3ccccc3c3cc(-c4ccc5c(c4)c4ccccc4n5-c4ccc5c(c4)C(C)(C)c4cc(N(c6ccc(C(C)(C)C)cc6)c6ccc(C(C)(C)C)cc6)ccc4-5)ccc32)cc1. The van der Waals surface area contributed by atoms with E-state index in [2.05, 4.69) is 270 Å². The summed E-state index contributed by atoms with van der Waals surface area (Å²) < 4.78 is 4.87. The van der Waals surface area contributed by atoms with Crippen LogP contribution in [0, 0.1) is 6.92 Å². The van der Waals surface area contributed by atoms with Crippen LogP contribution in [0.4, 0.5) is 17.1 Å². The second-order valence-corrected chi connectivity index (χ2v) is 22.0. The summed E-state index contributed by atoms with van der Waals surface area (Å²) in [6.07, 6.45) is 0. The number of anilines is 3. The van der Waals surface area contributed by atoms with Gasteiger partial charge in [-0.15, -0.1) is 0 Å². The van der Waals surface area contributed by atoms with Crippen LogP contribution in [0.2, 0.25) is 0 Å². The van der Waals surface area contributed by atoms with E-state index in [1.165, 1.54) is 105 Å². The van der Waals surface area contributed by atoms with Crippen molar-refractivity contribution in [3.63, 3.8) is 0 Å². The van der Waals surface area contributed by atoms with E-state index < -0.39 is 0 Å². The number of fused-ring (bicyclic) bond motifs is 9. The Morgan fingerprint density at radius 1 is 0.377 bits per heavy atom. The molecule has 0 saturated heterocycles. The van der Waals surface area contributed by atoms with Gasteiger partial charge in [-0.05, 0) is 159 Å². The van der Waals surface area contributed by atoms with Gasteiger partial charge in [0.2, 0.25) is 0 Å². The molecule has 0 amide bonds. The molecule has 12 rings (SSSR count). The zero-order valence-corrected chi connectivity index (χ0v) is 41.3. The van der Waals surface area contributed by atoms with Gasteiger partial charge in [-0.3, -0.25) is 0 Å². The first kappa shape index (κ1) is 42.7. The lowest BCUT2D eigenvalue weighted by molar-refractivity contribution is 0.590. The summed E-state index contributed by atoms with van der Waals surface area (Å²) in [4.78, 5) is 2.43. The third-order valence-corrected chi connectivity index (χ3v) is 15.1. The minimum absolute atomic E-state index is 0.0739. The molecule has 0 aliphatic heterocycles. The van der Waals surface area contributed by atoms with Crippen LogP contribution in [0.5, 0.6) is 0 Å². The number of benzene rings is 9. The summed E-state index contributed by atoms with van der Waals surface area (Å²) in [6, 6.07) is 73.2. The maximum atomic E-state index is 2.47. The van der Waals surface area contributed by atoms with Crippen LogP contribution < -0.4 is 4.90 Å². The third-order valence-electron chi connectivity index (χ3n) is 15.1. The normalized spacial score (nSPS) is 13.4. The number of hydrogen-bond donors (Lipinski definition) is 0. The van der Waals surface area contributed by atoms with E-state index in [4.69, 9.17) is 0 Å². The topological polar surface area (TPSA) is 13.1 Å². The number of aromatic nitrogens is 2. The molecule has 1 aliphatic rings. The smallest absolute Gasteiger partial charge is 0.0541 e. The Labute approximate surface area is 406 Å². The van der Waals surface area contributed by atoms with Crippen molar-refractivity contribution >= 4 is 60.7 Å². The molecule has 0 unspecified atom stereocenters. The lowest BCUT2D eigenvalue weighted by Gasteiger charge is -2.29. The highest BCUT2D eigenvalue weighted by atomic mass is 15.1. The molecule has 0 N–H and O–H groups in total. The van der Waals surface area contributed by atoms with Crippen LogP contribution in [0.3, 0.4) is 0 Å². The molecule has 2 aromatic heterocycles. The number of aryl methyl sites for hydroxylation is 1. The lowest BCUT2D eigenvalue weighted by Crippen LogP contribution is -2.17. The minimum Gasteiger partial charge on any atom is -0.310 e. The maximum Gasteiger partial charge on any atom is 0.0541 e. The highest BCUT2D eigenvalue weighted by Crippen LogP contribution is 2.52. The van der Waals surface area contributed by atoms with Crippen LogP contribution in [-0.4, -0.2) is 9.13 Å². The van der Waals surface area contributed by atoms with E-state index in [1.54, 1.807) is 0 Å². The lowest BCUT2D eigenvalue weighted by atomic mass is 9.82. The Hall–Kier alpha value is -7.62. The second-order valence-electron chi connectivity index (χ2n) is 22.0. The molecule has 0 fully saturated rings. The number of rotatable bonds is 6. The monoisotopic (exact) mass is 893 g/mol. The Bertz CT molecular complexity index is 3750. The van der Waals surface area contributed by atoms with E-state index in [-0.39, 0.29) is 16.2 Å². The van der Waals surface area contributed by atoms with E-state index in [0.717, 1.165) is 17.1 Å². The molecule has 11 aromatic rings. The summed E-state index contributed by atoms with van der Waals surface area (Å²) in [7, 11) is 0. The molecular weight excluding hydrogens is 835 g/mol. The van der Waals surface area contributed by atoms with Crippen molar-refractivity contribution < 1.29 is 0 Å². The molecule has 3 nitrogen and oxygen atoms in total. The van der Waals surface area contributed by atoms with E-state index >= 15 is 0 Å².